The second-order valence-corrected chi connectivity index (χ2v) is 4.12. The van der Waals surface area contributed by atoms with Gasteiger partial charge in [0.1, 0.15) is 6.04 Å². The summed E-state index contributed by atoms with van der Waals surface area (Å²) in [4.78, 5) is 15.8. The fraction of sp³-hybridized carbons (Fsp3) is 0.231. The number of rotatable bonds is 4. The number of carbonyl (C=O) groups is 1. The Labute approximate surface area is 108 Å². The Balaban J connectivity index is 2.37. The summed E-state index contributed by atoms with van der Waals surface area (Å²) in [6, 6.07) is 1.47. The maximum absolute atomic E-state index is 13.2. The summed E-state index contributed by atoms with van der Waals surface area (Å²) in [7, 11) is 0. The van der Waals surface area contributed by atoms with Crippen molar-refractivity contribution >= 4 is 16.9 Å². The molecule has 0 aliphatic rings. The van der Waals surface area contributed by atoms with E-state index in [4.69, 9.17) is 0 Å². The molecule has 0 aliphatic carbocycles. The first-order chi connectivity index (χ1) is 9.04. The van der Waals surface area contributed by atoms with E-state index in [1.807, 2.05) is 0 Å². The van der Waals surface area contributed by atoms with Crippen molar-refractivity contribution in [2.45, 2.75) is 13.0 Å². The fourth-order valence-corrected chi connectivity index (χ4v) is 1.78. The molecule has 0 aliphatic heterocycles. The van der Waals surface area contributed by atoms with Gasteiger partial charge in [-0.3, -0.25) is 4.79 Å². The van der Waals surface area contributed by atoms with Gasteiger partial charge in [-0.2, -0.15) is 0 Å². The first kappa shape index (κ1) is 13.2. The highest BCUT2D eigenvalue weighted by molar-refractivity contribution is 5.83. The molecule has 4 nitrogen and oxygen atoms in total. The number of amides is 1. The van der Waals surface area contributed by atoms with Gasteiger partial charge in [-0.1, -0.05) is 6.08 Å². The number of carbonyl (C=O) groups excluding carboxylic acids is 1. The van der Waals surface area contributed by atoms with Crippen LogP contribution in [0.2, 0.25) is 0 Å². The number of nitrogens with zero attached hydrogens (tertiary/aromatic N) is 2. The van der Waals surface area contributed by atoms with E-state index in [1.54, 1.807) is 13.0 Å². The van der Waals surface area contributed by atoms with Crippen LogP contribution in [0.25, 0.3) is 11.0 Å². The molecule has 1 amide bonds. The van der Waals surface area contributed by atoms with Gasteiger partial charge in [0.25, 0.3) is 0 Å². The van der Waals surface area contributed by atoms with Gasteiger partial charge in [-0.05, 0) is 6.92 Å². The van der Waals surface area contributed by atoms with Crippen LogP contribution in [0.1, 0.15) is 13.0 Å². The molecule has 0 saturated carbocycles. The SMILES string of the molecule is C=CCNC(=O)C(C)n1cnc2cc(F)c(F)cc21. The van der Waals surface area contributed by atoms with Gasteiger partial charge in [0.2, 0.25) is 5.91 Å². The topological polar surface area (TPSA) is 46.9 Å². The molecule has 1 atom stereocenters. The molecule has 2 rings (SSSR count). The predicted molar refractivity (Wildman–Crippen MR) is 67.6 cm³/mol. The zero-order valence-electron chi connectivity index (χ0n) is 10.4. The van der Waals surface area contributed by atoms with Crippen molar-refractivity contribution in [2.24, 2.45) is 0 Å². The Bertz CT molecular complexity index is 636. The molecular weight excluding hydrogens is 252 g/mol. The van der Waals surface area contributed by atoms with Crippen LogP contribution in [0.15, 0.2) is 31.1 Å². The molecule has 1 N–H and O–H groups in total. The molecule has 19 heavy (non-hydrogen) atoms. The number of hydrogen-bond donors (Lipinski definition) is 1. The predicted octanol–water partition coefficient (Wildman–Crippen LogP) is 2.18. The summed E-state index contributed by atoms with van der Waals surface area (Å²) in [6.45, 7) is 5.50. The zero-order valence-corrected chi connectivity index (χ0v) is 10.4. The molecular formula is C13H13F2N3O. The smallest absolute Gasteiger partial charge is 0.243 e. The van der Waals surface area contributed by atoms with E-state index in [0.29, 0.717) is 17.6 Å². The van der Waals surface area contributed by atoms with Gasteiger partial charge in [-0.25, -0.2) is 13.8 Å². The van der Waals surface area contributed by atoms with E-state index >= 15 is 0 Å². The largest absolute Gasteiger partial charge is 0.351 e. The van der Waals surface area contributed by atoms with Crippen LogP contribution in [0, 0.1) is 11.6 Å². The Kier molecular flexibility index (Phi) is 3.59. The summed E-state index contributed by atoms with van der Waals surface area (Å²) in [5, 5.41) is 2.64. The van der Waals surface area contributed by atoms with Crippen LogP contribution in [0.5, 0.6) is 0 Å². The molecule has 100 valence electrons. The highest BCUT2D eigenvalue weighted by Crippen LogP contribution is 2.20. The molecule has 1 aromatic heterocycles. The number of nitrogens with one attached hydrogen (secondary N) is 1. The third-order valence-electron chi connectivity index (χ3n) is 2.83. The number of imidazole rings is 1. The van der Waals surface area contributed by atoms with E-state index in [9.17, 15) is 13.6 Å². The van der Waals surface area contributed by atoms with E-state index < -0.39 is 17.7 Å². The third-order valence-corrected chi connectivity index (χ3v) is 2.83. The van der Waals surface area contributed by atoms with Crippen molar-refractivity contribution in [1.29, 1.82) is 0 Å². The molecule has 2 aromatic rings. The van der Waals surface area contributed by atoms with Gasteiger partial charge in [0, 0.05) is 18.7 Å². The lowest BCUT2D eigenvalue weighted by molar-refractivity contribution is -0.123. The molecule has 6 heteroatoms. The van der Waals surface area contributed by atoms with Gasteiger partial charge in [0.15, 0.2) is 11.6 Å². The number of hydrogen-bond acceptors (Lipinski definition) is 2. The monoisotopic (exact) mass is 265 g/mol. The second-order valence-electron chi connectivity index (χ2n) is 4.12. The summed E-state index contributed by atoms with van der Waals surface area (Å²) in [6.07, 6.45) is 2.95. The maximum atomic E-state index is 13.2. The second kappa shape index (κ2) is 5.17. The van der Waals surface area contributed by atoms with E-state index in [0.717, 1.165) is 12.1 Å². The minimum Gasteiger partial charge on any atom is -0.351 e. The molecule has 0 radical (unpaired) electrons. The van der Waals surface area contributed by atoms with Gasteiger partial charge < -0.3 is 9.88 Å². The standard InChI is InChI=1S/C13H13F2N3O/c1-3-4-16-13(19)8(2)18-7-17-11-5-9(14)10(15)6-12(11)18/h3,5-8H,1,4H2,2H3,(H,16,19). The summed E-state index contributed by atoms with van der Waals surface area (Å²) in [5.41, 5.74) is 0.683. The minimum atomic E-state index is -0.965. The van der Waals surface area contributed by atoms with Gasteiger partial charge in [-0.15, -0.1) is 6.58 Å². The highest BCUT2D eigenvalue weighted by atomic mass is 19.2. The summed E-state index contributed by atoms with van der Waals surface area (Å²) in [5.74, 6) is -2.17. The quantitative estimate of drug-likeness (QED) is 0.861. The lowest BCUT2D eigenvalue weighted by Gasteiger charge is -2.13. The number of halogens is 2. The Morgan fingerprint density at radius 3 is 2.89 bits per heavy atom. The van der Waals surface area contributed by atoms with E-state index in [-0.39, 0.29) is 5.91 Å². The zero-order chi connectivity index (χ0) is 14.0. The van der Waals surface area contributed by atoms with Crippen molar-refractivity contribution < 1.29 is 13.6 Å². The van der Waals surface area contributed by atoms with Crippen LogP contribution in [0.4, 0.5) is 8.78 Å². The van der Waals surface area contributed by atoms with Gasteiger partial charge >= 0.3 is 0 Å². The molecule has 1 unspecified atom stereocenters. The van der Waals surface area contributed by atoms with Crippen LogP contribution in [0.3, 0.4) is 0 Å². The van der Waals surface area contributed by atoms with E-state index in [1.165, 1.54) is 10.9 Å². The molecule has 0 fully saturated rings. The molecule has 0 saturated heterocycles. The number of benzene rings is 1. The molecule has 0 spiro atoms. The Hall–Kier alpha value is -2.24. The Morgan fingerprint density at radius 1 is 1.53 bits per heavy atom. The highest BCUT2D eigenvalue weighted by Gasteiger charge is 2.18. The van der Waals surface area contributed by atoms with Crippen LogP contribution in [-0.2, 0) is 4.79 Å². The normalized spacial score (nSPS) is 12.4. The fourth-order valence-electron chi connectivity index (χ4n) is 1.78. The van der Waals surface area contributed by atoms with Crippen LogP contribution < -0.4 is 5.32 Å². The van der Waals surface area contributed by atoms with Crippen molar-refractivity contribution in [3.8, 4) is 0 Å². The summed E-state index contributed by atoms with van der Waals surface area (Å²) >= 11 is 0. The molecule has 1 heterocycles. The van der Waals surface area contributed by atoms with Crippen LogP contribution in [-0.4, -0.2) is 22.0 Å². The first-order valence-corrected chi connectivity index (χ1v) is 5.74. The van der Waals surface area contributed by atoms with Crippen molar-refractivity contribution in [2.75, 3.05) is 6.54 Å². The van der Waals surface area contributed by atoms with Crippen molar-refractivity contribution in [1.82, 2.24) is 14.9 Å². The van der Waals surface area contributed by atoms with Gasteiger partial charge in [0.05, 0.1) is 17.4 Å². The number of aromatic nitrogens is 2. The molecule has 1 aromatic carbocycles. The Morgan fingerprint density at radius 2 is 2.21 bits per heavy atom. The average Bonchev–Trinajstić information content (AvgIpc) is 2.78. The third kappa shape index (κ3) is 2.47. The minimum absolute atomic E-state index is 0.246. The number of fused-ring (bicyclic) bond motifs is 1. The average molecular weight is 265 g/mol. The maximum Gasteiger partial charge on any atom is 0.243 e. The van der Waals surface area contributed by atoms with Crippen molar-refractivity contribution in [3.05, 3.63) is 42.7 Å². The van der Waals surface area contributed by atoms with Crippen LogP contribution >= 0.6 is 0 Å². The first-order valence-electron chi connectivity index (χ1n) is 5.74. The summed E-state index contributed by atoms with van der Waals surface area (Å²) < 4.78 is 27.8. The van der Waals surface area contributed by atoms with E-state index in [2.05, 4.69) is 16.9 Å². The lowest BCUT2D eigenvalue weighted by atomic mass is 10.2. The molecule has 0 bridgehead atoms. The van der Waals surface area contributed by atoms with Crippen molar-refractivity contribution in [3.63, 3.8) is 0 Å². The lowest BCUT2D eigenvalue weighted by Crippen LogP contribution is -2.30.